The fourth-order valence-electron chi connectivity index (χ4n) is 0. The molecule has 160 valence electrons. The average molecular weight is 555 g/mol. The van der Waals surface area contributed by atoms with Gasteiger partial charge < -0.3 is 0 Å². The van der Waals surface area contributed by atoms with E-state index in [0.29, 0.717) is 0 Å². The highest BCUT2D eigenvalue weighted by Gasteiger charge is 1.86. The topological polar surface area (TPSA) is 292 Å². The highest BCUT2D eigenvalue weighted by Crippen LogP contribution is 1.82. The third-order valence-corrected chi connectivity index (χ3v) is 0. The van der Waals surface area contributed by atoms with Crippen LogP contribution < -0.4 is 0 Å². The van der Waals surface area contributed by atoms with E-state index in [9.17, 15) is 16.8 Å². The molecule has 0 amide bonds. The summed E-state index contributed by atoms with van der Waals surface area (Å²) < 4.78 is 133. The van der Waals surface area contributed by atoms with Crippen LogP contribution in [0.2, 0.25) is 0 Å². The molecule has 0 aliphatic carbocycles. The standard InChI is InChI=1S/2ClH3O2SSi.3H2O4S/c2*1-4(2,3)5;3*1-5(2,3)4/h2*5H3;3*(H2,1,2,3,4). The molecule has 0 unspecified atom stereocenters. The van der Waals surface area contributed by atoms with E-state index >= 15 is 0 Å². The van der Waals surface area contributed by atoms with Crippen LogP contribution in [-0.4, -0.2) is 88.2 Å². The zero-order valence-electron chi connectivity index (χ0n) is 11.6. The molecule has 25 heavy (non-hydrogen) atoms. The Labute approximate surface area is 157 Å². The third kappa shape index (κ3) is 45400. The van der Waals surface area contributed by atoms with Gasteiger partial charge in [-0.15, -0.1) is 0 Å². The number of hydrogen-bond donors (Lipinski definition) is 6. The van der Waals surface area contributed by atoms with E-state index in [2.05, 4.69) is 21.4 Å². The van der Waals surface area contributed by atoms with Gasteiger partial charge in [0.15, 0.2) is 35.8 Å². The number of hydrogen-bond acceptors (Lipinski definition) is 10. The smallest absolute Gasteiger partial charge is 0.264 e. The second-order valence-electron chi connectivity index (χ2n) is 2.71. The van der Waals surface area contributed by atoms with Crippen molar-refractivity contribution in [2.75, 3.05) is 0 Å². The molecule has 0 aromatic carbocycles. The minimum absolute atomic E-state index is 0.0455. The molecule has 0 radical (unpaired) electrons. The van der Waals surface area contributed by atoms with E-state index in [1.165, 1.54) is 0 Å². The maximum atomic E-state index is 9.46. The van der Waals surface area contributed by atoms with Gasteiger partial charge in [0, 0.05) is 21.4 Å². The molecule has 25 heteroatoms. The van der Waals surface area contributed by atoms with Crippen molar-refractivity contribution in [1.82, 2.24) is 0 Å². The first-order valence-electron chi connectivity index (χ1n) is 3.89. The first-order chi connectivity index (χ1) is 10.0. The highest BCUT2D eigenvalue weighted by atomic mass is 35.7. The van der Waals surface area contributed by atoms with Crippen LogP contribution in [0.1, 0.15) is 0 Å². The summed E-state index contributed by atoms with van der Waals surface area (Å²) in [4.78, 5) is 0. The van der Waals surface area contributed by atoms with Crippen LogP contribution in [0.4, 0.5) is 0 Å². The van der Waals surface area contributed by atoms with Crippen LogP contribution >= 0.6 is 21.4 Å². The van der Waals surface area contributed by atoms with Gasteiger partial charge in [-0.25, -0.2) is 16.8 Å². The molecule has 0 saturated heterocycles. The van der Waals surface area contributed by atoms with Gasteiger partial charge in [-0.2, -0.15) is 25.3 Å². The second-order valence-corrected chi connectivity index (χ2v) is 21.0. The van der Waals surface area contributed by atoms with Crippen molar-refractivity contribution in [2.24, 2.45) is 0 Å². The van der Waals surface area contributed by atoms with Gasteiger partial charge in [-0.05, 0) is 0 Å². The summed E-state index contributed by atoms with van der Waals surface area (Å²) in [6, 6.07) is 0. The fourth-order valence-corrected chi connectivity index (χ4v) is 0. The van der Waals surface area contributed by atoms with Crippen molar-refractivity contribution < 1.29 is 69.4 Å². The summed E-state index contributed by atoms with van der Waals surface area (Å²) in [5, 5.41) is 0. The lowest BCUT2D eigenvalue weighted by Crippen LogP contribution is -1.89. The molecule has 0 atom stereocenters. The summed E-state index contributed by atoms with van der Waals surface area (Å²) in [6.45, 7) is 0. The Morgan fingerprint density at radius 1 is 0.440 bits per heavy atom. The molecule has 0 aliphatic rings. The molecule has 0 aromatic heterocycles. The van der Waals surface area contributed by atoms with E-state index in [4.69, 9.17) is 52.6 Å². The molecule has 0 heterocycles. The molecule has 16 nitrogen and oxygen atoms in total. The van der Waals surface area contributed by atoms with Crippen LogP contribution in [0.15, 0.2) is 0 Å². The Morgan fingerprint density at radius 3 is 0.440 bits per heavy atom. The summed E-state index contributed by atoms with van der Waals surface area (Å²) in [6.07, 6.45) is 0. The molecule has 0 aliphatic heterocycles. The minimum Gasteiger partial charge on any atom is -0.264 e. The van der Waals surface area contributed by atoms with Crippen molar-refractivity contribution in [3.8, 4) is 0 Å². The van der Waals surface area contributed by atoms with Crippen LogP contribution in [0.5, 0.6) is 0 Å². The molecular weight excluding hydrogens is 543 g/mol. The minimum atomic E-state index is -4.67. The molecule has 0 rings (SSSR count). The maximum absolute atomic E-state index is 9.46. The summed E-state index contributed by atoms with van der Waals surface area (Å²) in [5.74, 6) is 0. The lowest BCUT2D eigenvalue weighted by Gasteiger charge is -1.68. The van der Waals surface area contributed by atoms with E-state index in [0.717, 1.165) is 0 Å². The molecule has 0 fully saturated rings. The Balaban J connectivity index is -0.0000000667. The summed E-state index contributed by atoms with van der Waals surface area (Å²) in [5.41, 5.74) is 0. The van der Waals surface area contributed by atoms with Gasteiger partial charge in [0.25, 0.3) is 0 Å². The van der Waals surface area contributed by atoms with E-state index in [1.807, 2.05) is 0 Å². The molecular formula is H12Cl2O16S5Si2. The predicted molar refractivity (Wildman–Crippen MR) is 92.0 cm³/mol. The summed E-state index contributed by atoms with van der Waals surface area (Å²) >= 11 is 0. The third-order valence-electron chi connectivity index (χ3n) is 0. The van der Waals surface area contributed by atoms with Crippen molar-refractivity contribution >= 4 is 88.3 Å². The van der Waals surface area contributed by atoms with Gasteiger partial charge in [0.2, 0.25) is 0 Å². The SMILES string of the molecule is O=S(=O)(O)O.O=S(=O)(O)O.O=S(=O)(O)O.O=S(=O)([SiH3])Cl.O=S(=O)([SiH3])Cl. The Hall–Kier alpha value is 0.524. The van der Waals surface area contributed by atoms with E-state index in [1.54, 1.807) is 0 Å². The van der Waals surface area contributed by atoms with Crippen molar-refractivity contribution in [3.63, 3.8) is 0 Å². The normalized spacial score (nSPS) is 11.8. The molecule has 0 aromatic rings. The van der Waals surface area contributed by atoms with Crippen LogP contribution in [-0.2, 0) is 48.2 Å². The second kappa shape index (κ2) is 14.6. The van der Waals surface area contributed by atoms with Crippen molar-refractivity contribution in [2.45, 2.75) is 0 Å². The zero-order valence-corrected chi connectivity index (χ0v) is 21.2. The van der Waals surface area contributed by atoms with Gasteiger partial charge >= 0.3 is 31.2 Å². The predicted octanol–water partition coefficient (Wildman–Crippen LogP) is -4.29. The number of halogens is 2. The fraction of sp³-hybridized carbons (Fsp3) is 0. The quantitative estimate of drug-likeness (QED) is 0.0935. The molecule has 0 bridgehead atoms. The molecule has 0 spiro atoms. The van der Waals surface area contributed by atoms with Gasteiger partial charge in [0.1, 0.15) is 0 Å². The first-order valence-corrected chi connectivity index (χ1v) is 18.4. The monoisotopic (exact) mass is 554 g/mol. The van der Waals surface area contributed by atoms with E-state index in [-0.39, 0.29) is 18.8 Å². The summed E-state index contributed by atoms with van der Waals surface area (Å²) in [7, 11) is -10.9. The van der Waals surface area contributed by atoms with E-state index < -0.39 is 48.2 Å². The highest BCUT2D eigenvalue weighted by molar-refractivity contribution is 8.30. The van der Waals surface area contributed by atoms with Crippen LogP contribution in [0.25, 0.3) is 0 Å². The molecule has 0 saturated carbocycles. The Kier molecular flexibility index (Phi) is 21.2. The lowest BCUT2D eigenvalue weighted by atomic mass is 15.8. The largest absolute Gasteiger partial charge is 0.394 e. The van der Waals surface area contributed by atoms with Gasteiger partial charge in [0.05, 0.1) is 0 Å². The lowest BCUT2D eigenvalue weighted by molar-refractivity contribution is 0.378. The molecule has 6 N–H and O–H groups in total. The number of rotatable bonds is 0. The zero-order chi connectivity index (χ0) is 22.5. The maximum Gasteiger partial charge on any atom is 0.394 e. The van der Waals surface area contributed by atoms with Crippen molar-refractivity contribution in [3.05, 3.63) is 0 Å². The average Bonchev–Trinajstić information content (AvgIpc) is 1.79. The van der Waals surface area contributed by atoms with Gasteiger partial charge in [-0.3, -0.25) is 27.3 Å². The van der Waals surface area contributed by atoms with Crippen LogP contribution in [0, 0.1) is 0 Å². The first kappa shape index (κ1) is 36.4. The van der Waals surface area contributed by atoms with Gasteiger partial charge in [-0.1, -0.05) is 0 Å². The Morgan fingerprint density at radius 2 is 0.440 bits per heavy atom. The van der Waals surface area contributed by atoms with Crippen molar-refractivity contribution in [1.29, 1.82) is 0 Å². The van der Waals surface area contributed by atoms with Crippen LogP contribution in [0.3, 0.4) is 0 Å². The Bertz CT molecular complexity index is 627.